The molecule has 3 aliphatic carbocycles. The Morgan fingerprint density at radius 2 is 1.44 bits per heavy atom. The SMILES string of the molecule is O=C(NC1=CC(Cl)C2N=C(c3ccc(NC(=O)C4CCCCC4)cc3)NC2=C1)C1CCCCC1. The second-order valence-corrected chi connectivity index (χ2v) is 10.4. The molecule has 1 aliphatic heterocycles. The number of hydrogen-bond donors (Lipinski definition) is 3. The summed E-state index contributed by atoms with van der Waals surface area (Å²) in [7, 11) is 0. The zero-order valence-electron chi connectivity index (χ0n) is 19.5. The van der Waals surface area contributed by atoms with E-state index in [1.165, 1.54) is 12.8 Å². The maximum atomic E-state index is 12.7. The van der Waals surface area contributed by atoms with Crippen LogP contribution in [0, 0.1) is 11.8 Å². The van der Waals surface area contributed by atoms with Gasteiger partial charge in [-0.2, -0.15) is 0 Å². The number of carbonyl (C=O) groups excluding carboxylic acids is 2. The summed E-state index contributed by atoms with van der Waals surface area (Å²) >= 11 is 6.63. The molecule has 0 bridgehead atoms. The first-order chi connectivity index (χ1) is 16.6. The number of halogens is 1. The Kier molecular flexibility index (Phi) is 7.05. The predicted octanol–water partition coefficient (Wildman–Crippen LogP) is 5.01. The Labute approximate surface area is 206 Å². The highest BCUT2D eigenvalue weighted by atomic mass is 35.5. The molecule has 2 atom stereocenters. The first kappa shape index (κ1) is 23.2. The van der Waals surface area contributed by atoms with Crippen molar-refractivity contribution in [3.8, 4) is 0 Å². The van der Waals surface area contributed by atoms with Crippen LogP contribution in [0.4, 0.5) is 5.69 Å². The number of carbonyl (C=O) groups is 2. The lowest BCUT2D eigenvalue weighted by molar-refractivity contribution is -0.125. The normalized spacial score (nSPS) is 25.4. The van der Waals surface area contributed by atoms with Crippen molar-refractivity contribution in [2.24, 2.45) is 16.8 Å². The summed E-state index contributed by atoms with van der Waals surface area (Å²) in [5, 5.41) is 9.17. The number of amidine groups is 1. The van der Waals surface area contributed by atoms with Crippen LogP contribution in [0.5, 0.6) is 0 Å². The van der Waals surface area contributed by atoms with Crippen LogP contribution in [0.3, 0.4) is 0 Å². The Hall–Kier alpha value is -2.60. The lowest BCUT2D eigenvalue weighted by Crippen LogP contribution is -2.34. The summed E-state index contributed by atoms with van der Waals surface area (Å²) in [6, 6.07) is 7.56. The van der Waals surface area contributed by atoms with Crippen LogP contribution in [0.15, 0.2) is 52.8 Å². The van der Waals surface area contributed by atoms with Crippen molar-refractivity contribution in [1.82, 2.24) is 10.6 Å². The molecule has 3 N–H and O–H groups in total. The van der Waals surface area contributed by atoms with Crippen LogP contribution < -0.4 is 16.0 Å². The fourth-order valence-electron chi connectivity index (χ4n) is 5.45. The number of nitrogens with one attached hydrogen (secondary N) is 3. The van der Waals surface area contributed by atoms with Crippen molar-refractivity contribution < 1.29 is 9.59 Å². The van der Waals surface area contributed by atoms with Crippen molar-refractivity contribution in [3.63, 3.8) is 0 Å². The Bertz CT molecular complexity index is 1020. The van der Waals surface area contributed by atoms with E-state index in [9.17, 15) is 9.59 Å². The minimum atomic E-state index is -0.333. The predicted molar refractivity (Wildman–Crippen MR) is 136 cm³/mol. The molecule has 2 amide bonds. The molecular formula is C27H33ClN4O2. The van der Waals surface area contributed by atoms with Gasteiger partial charge in [0.2, 0.25) is 11.8 Å². The van der Waals surface area contributed by atoms with E-state index >= 15 is 0 Å². The molecule has 0 radical (unpaired) electrons. The molecular weight excluding hydrogens is 448 g/mol. The van der Waals surface area contributed by atoms with E-state index in [4.69, 9.17) is 16.6 Å². The van der Waals surface area contributed by atoms with Crippen LogP contribution >= 0.6 is 11.6 Å². The molecule has 1 aromatic carbocycles. The summed E-state index contributed by atoms with van der Waals surface area (Å²) < 4.78 is 0. The Balaban J connectivity index is 1.20. The highest BCUT2D eigenvalue weighted by Gasteiger charge is 2.33. The van der Waals surface area contributed by atoms with E-state index in [0.29, 0.717) is 0 Å². The standard InChI is InChI=1S/C27H33ClN4O2/c28-22-15-21(30-27(34)19-9-5-2-6-10-19)16-23-24(22)32-25(31-23)17-11-13-20(14-12-17)29-26(33)18-7-3-1-4-8-18/h11-16,18-19,22,24H,1-10H2,(H,29,33)(H,30,34)(H,31,32). The summed E-state index contributed by atoms with van der Waals surface area (Å²) in [5.41, 5.74) is 3.37. The number of hydrogen-bond acceptors (Lipinski definition) is 4. The largest absolute Gasteiger partial charge is 0.341 e. The average molecular weight is 481 g/mol. The van der Waals surface area contributed by atoms with Gasteiger partial charge in [0, 0.05) is 34.5 Å². The van der Waals surface area contributed by atoms with E-state index in [1.54, 1.807) is 0 Å². The summed E-state index contributed by atoms with van der Waals surface area (Å²) in [6.45, 7) is 0. The van der Waals surface area contributed by atoms with Crippen molar-refractivity contribution in [2.75, 3.05) is 5.32 Å². The third kappa shape index (κ3) is 5.22. The summed E-state index contributed by atoms with van der Waals surface area (Å²) in [4.78, 5) is 30.0. The van der Waals surface area contributed by atoms with E-state index in [-0.39, 0.29) is 35.1 Å². The first-order valence-corrected chi connectivity index (χ1v) is 13.1. The smallest absolute Gasteiger partial charge is 0.227 e. The Morgan fingerprint density at radius 1 is 0.853 bits per heavy atom. The van der Waals surface area contributed by atoms with Gasteiger partial charge >= 0.3 is 0 Å². The number of allylic oxidation sites excluding steroid dienone is 1. The van der Waals surface area contributed by atoms with Crippen LogP contribution in [-0.4, -0.2) is 29.1 Å². The fourth-order valence-corrected chi connectivity index (χ4v) is 5.78. The number of alkyl halides is 1. The molecule has 6 nitrogen and oxygen atoms in total. The fraction of sp³-hybridized carbons (Fsp3) is 0.519. The van der Waals surface area contributed by atoms with E-state index in [0.717, 1.165) is 79.8 Å². The zero-order chi connectivity index (χ0) is 23.5. The highest BCUT2D eigenvalue weighted by Crippen LogP contribution is 2.30. The van der Waals surface area contributed by atoms with Crippen LogP contribution in [0.1, 0.15) is 69.8 Å². The quantitative estimate of drug-likeness (QED) is 0.518. The van der Waals surface area contributed by atoms with Gasteiger partial charge < -0.3 is 16.0 Å². The van der Waals surface area contributed by atoms with Gasteiger partial charge in [-0.1, -0.05) is 38.5 Å². The molecule has 0 aromatic heterocycles. The van der Waals surface area contributed by atoms with Crippen molar-refractivity contribution in [1.29, 1.82) is 0 Å². The monoisotopic (exact) mass is 480 g/mol. The molecule has 1 heterocycles. The molecule has 2 fully saturated rings. The maximum Gasteiger partial charge on any atom is 0.227 e. The van der Waals surface area contributed by atoms with Crippen molar-refractivity contribution in [2.45, 2.75) is 75.6 Å². The van der Waals surface area contributed by atoms with Crippen molar-refractivity contribution >= 4 is 34.9 Å². The number of amides is 2. The van der Waals surface area contributed by atoms with Gasteiger partial charge in [0.05, 0.1) is 5.38 Å². The molecule has 2 saturated carbocycles. The molecule has 7 heteroatoms. The van der Waals surface area contributed by atoms with Crippen LogP contribution in [0.2, 0.25) is 0 Å². The number of aliphatic imine (C=N–C) groups is 1. The zero-order valence-corrected chi connectivity index (χ0v) is 20.2. The van der Waals surface area contributed by atoms with Gasteiger partial charge in [-0.15, -0.1) is 11.6 Å². The van der Waals surface area contributed by atoms with Gasteiger partial charge in [0.1, 0.15) is 11.9 Å². The highest BCUT2D eigenvalue weighted by molar-refractivity contribution is 6.23. The van der Waals surface area contributed by atoms with Gasteiger partial charge in [-0.05, 0) is 62.1 Å². The summed E-state index contributed by atoms with van der Waals surface area (Å²) in [6.07, 6.45) is 14.7. The molecule has 0 saturated heterocycles. The molecule has 1 aromatic rings. The molecule has 0 spiro atoms. The van der Waals surface area contributed by atoms with Crippen molar-refractivity contribution in [3.05, 3.63) is 53.4 Å². The topological polar surface area (TPSA) is 82.6 Å². The summed E-state index contributed by atoms with van der Waals surface area (Å²) in [5.74, 6) is 1.19. The van der Waals surface area contributed by atoms with Gasteiger partial charge in [0.15, 0.2) is 0 Å². The van der Waals surface area contributed by atoms with Crippen LogP contribution in [0.25, 0.3) is 0 Å². The van der Waals surface area contributed by atoms with Gasteiger partial charge in [-0.3, -0.25) is 14.6 Å². The minimum absolute atomic E-state index is 0.0927. The lowest BCUT2D eigenvalue weighted by atomic mass is 9.88. The van der Waals surface area contributed by atoms with Crippen LogP contribution in [-0.2, 0) is 9.59 Å². The number of benzene rings is 1. The molecule has 2 unspecified atom stereocenters. The first-order valence-electron chi connectivity index (χ1n) is 12.7. The molecule has 34 heavy (non-hydrogen) atoms. The average Bonchev–Trinajstić information content (AvgIpc) is 3.30. The lowest BCUT2D eigenvalue weighted by Gasteiger charge is -2.24. The minimum Gasteiger partial charge on any atom is -0.341 e. The molecule has 180 valence electrons. The third-order valence-electron chi connectivity index (χ3n) is 7.45. The number of fused-ring (bicyclic) bond motifs is 1. The molecule has 5 rings (SSSR count). The second-order valence-electron chi connectivity index (χ2n) is 9.94. The number of nitrogens with zero attached hydrogens (tertiary/aromatic N) is 1. The second kappa shape index (κ2) is 10.3. The number of rotatable bonds is 5. The van der Waals surface area contributed by atoms with Gasteiger partial charge in [-0.25, -0.2) is 0 Å². The van der Waals surface area contributed by atoms with E-state index in [1.807, 2.05) is 36.4 Å². The number of anilines is 1. The Morgan fingerprint density at radius 3 is 2.06 bits per heavy atom. The van der Waals surface area contributed by atoms with Gasteiger partial charge in [0.25, 0.3) is 0 Å². The molecule has 4 aliphatic rings. The maximum absolute atomic E-state index is 12.7. The third-order valence-corrected chi connectivity index (χ3v) is 7.81. The van der Waals surface area contributed by atoms with E-state index in [2.05, 4.69) is 16.0 Å². The van der Waals surface area contributed by atoms with E-state index < -0.39 is 0 Å².